The van der Waals surface area contributed by atoms with Crippen molar-refractivity contribution in [3.8, 4) is 11.1 Å². The number of carbonyl (C=O) groups is 1. The van der Waals surface area contributed by atoms with Gasteiger partial charge in [0.15, 0.2) is 0 Å². The lowest BCUT2D eigenvalue weighted by Gasteiger charge is -2.32. The van der Waals surface area contributed by atoms with E-state index in [-0.39, 0.29) is 17.4 Å². The lowest BCUT2D eigenvalue weighted by Crippen LogP contribution is -2.47. The zero-order chi connectivity index (χ0) is 19.1. The van der Waals surface area contributed by atoms with E-state index in [9.17, 15) is 9.90 Å². The van der Waals surface area contributed by atoms with Crippen LogP contribution in [0.3, 0.4) is 0 Å². The quantitative estimate of drug-likeness (QED) is 0.765. The van der Waals surface area contributed by atoms with Crippen LogP contribution in [-0.2, 0) is 4.74 Å². The molecule has 5 nitrogen and oxygen atoms in total. The van der Waals surface area contributed by atoms with Crippen molar-refractivity contribution in [1.82, 2.24) is 10.6 Å². The van der Waals surface area contributed by atoms with Gasteiger partial charge in [0.2, 0.25) is 0 Å². The van der Waals surface area contributed by atoms with Crippen LogP contribution >= 0.6 is 0 Å². The second-order valence-corrected chi connectivity index (χ2v) is 8.33. The van der Waals surface area contributed by atoms with Crippen molar-refractivity contribution in [3.63, 3.8) is 0 Å². The molecule has 3 N–H and O–H groups in total. The molecular weight excluding hydrogens is 352 g/mol. The normalized spacial score (nSPS) is 27.9. The van der Waals surface area contributed by atoms with E-state index in [4.69, 9.17) is 4.74 Å². The molecule has 1 aliphatic heterocycles. The molecule has 28 heavy (non-hydrogen) atoms. The number of aliphatic hydroxyl groups is 1. The van der Waals surface area contributed by atoms with Crippen molar-refractivity contribution in [1.29, 1.82) is 0 Å². The highest BCUT2D eigenvalue weighted by Gasteiger charge is 2.52. The van der Waals surface area contributed by atoms with E-state index in [1.54, 1.807) is 0 Å². The van der Waals surface area contributed by atoms with Crippen LogP contribution in [0.15, 0.2) is 48.5 Å². The van der Waals surface area contributed by atoms with Crippen molar-refractivity contribution >= 4 is 6.09 Å². The Balaban J connectivity index is 1.25. The Hall–Kier alpha value is -2.37. The highest BCUT2D eigenvalue weighted by molar-refractivity contribution is 5.79. The van der Waals surface area contributed by atoms with Crippen LogP contribution in [-0.4, -0.2) is 43.5 Å². The predicted octanol–water partition coefficient (Wildman–Crippen LogP) is 2.89. The smallest absolute Gasteiger partial charge is 0.407 e. The van der Waals surface area contributed by atoms with E-state index in [1.165, 1.54) is 22.3 Å². The molecule has 1 saturated carbocycles. The summed E-state index contributed by atoms with van der Waals surface area (Å²) in [6.45, 7) is 2.45. The fourth-order valence-electron chi connectivity index (χ4n) is 5.46. The summed E-state index contributed by atoms with van der Waals surface area (Å²) in [4.78, 5) is 12.4. The van der Waals surface area contributed by atoms with Crippen LogP contribution in [0, 0.1) is 11.3 Å². The lowest BCUT2D eigenvalue weighted by atomic mass is 9.79. The summed E-state index contributed by atoms with van der Waals surface area (Å²) >= 11 is 0. The molecule has 0 radical (unpaired) electrons. The minimum atomic E-state index is -0.402. The number of ether oxygens (including phenoxy) is 1. The first-order valence-corrected chi connectivity index (χ1v) is 10.2. The number of hydrogen-bond donors (Lipinski definition) is 3. The number of hydrogen-bond acceptors (Lipinski definition) is 4. The van der Waals surface area contributed by atoms with Crippen LogP contribution in [0.5, 0.6) is 0 Å². The molecule has 5 rings (SSSR count). The molecule has 146 valence electrons. The van der Waals surface area contributed by atoms with Gasteiger partial charge >= 0.3 is 6.09 Å². The molecule has 5 heteroatoms. The van der Waals surface area contributed by atoms with Crippen molar-refractivity contribution in [2.75, 3.05) is 26.2 Å². The van der Waals surface area contributed by atoms with Gasteiger partial charge in [-0.1, -0.05) is 48.5 Å². The summed E-state index contributed by atoms with van der Waals surface area (Å²) in [6, 6.07) is 16.6. The molecule has 1 saturated heterocycles. The van der Waals surface area contributed by atoms with Gasteiger partial charge in [0, 0.05) is 24.4 Å². The molecule has 1 amide bonds. The number of rotatable bonds is 4. The van der Waals surface area contributed by atoms with Gasteiger partial charge in [0.25, 0.3) is 0 Å². The standard InChI is InChI=1S/C23H26N2O3/c26-21-10-9-15-11-24-13-23(15,21)14-25-22(27)28-12-20-18-7-3-1-5-16(18)17-6-2-4-8-19(17)20/h1-8,15,20-21,24,26H,9-14H2,(H,25,27)/t15-,21?,23-/m1/s1. The average Bonchev–Trinajstić information content (AvgIpc) is 3.37. The zero-order valence-electron chi connectivity index (χ0n) is 15.9. The molecule has 0 spiro atoms. The first kappa shape index (κ1) is 17.7. The number of aliphatic hydroxyl groups excluding tert-OH is 1. The minimum absolute atomic E-state index is 0.0641. The molecule has 1 unspecified atom stereocenters. The Kier molecular flexibility index (Phi) is 4.37. The third-order valence-corrected chi connectivity index (χ3v) is 7.02. The van der Waals surface area contributed by atoms with Gasteiger partial charge in [0.1, 0.15) is 6.61 Å². The highest BCUT2D eigenvalue weighted by Crippen LogP contribution is 2.46. The number of benzene rings is 2. The molecule has 2 aliphatic carbocycles. The first-order valence-electron chi connectivity index (χ1n) is 10.2. The maximum Gasteiger partial charge on any atom is 0.407 e. The minimum Gasteiger partial charge on any atom is -0.449 e. The molecule has 1 heterocycles. The molecule has 2 aromatic carbocycles. The highest BCUT2D eigenvalue weighted by atomic mass is 16.5. The summed E-state index contributed by atoms with van der Waals surface area (Å²) in [5, 5.41) is 16.7. The molecule has 3 aliphatic rings. The van der Waals surface area contributed by atoms with E-state index in [0.717, 1.165) is 25.9 Å². The zero-order valence-corrected chi connectivity index (χ0v) is 15.9. The van der Waals surface area contributed by atoms with E-state index in [2.05, 4.69) is 34.9 Å². The van der Waals surface area contributed by atoms with Crippen LogP contribution in [0.4, 0.5) is 4.79 Å². The van der Waals surface area contributed by atoms with Gasteiger partial charge in [-0.2, -0.15) is 0 Å². The van der Waals surface area contributed by atoms with Crippen molar-refractivity contribution in [2.24, 2.45) is 11.3 Å². The van der Waals surface area contributed by atoms with Gasteiger partial charge < -0.3 is 20.5 Å². The fourth-order valence-corrected chi connectivity index (χ4v) is 5.46. The largest absolute Gasteiger partial charge is 0.449 e. The van der Waals surface area contributed by atoms with E-state index in [0.29, 0.717) is 19.1 Å². The summed E-state index contributed by atoms with van der Waals surface area (Å²) in [5.74, 6) is 0.491. The van der Waals surface area contributed by atoms with Gasteiger partial charge in [-0.05, 0) is 47.6 Å². The van der Waals surface area contributed by atoms with E-state index in [1.807, 2.05) is 24.3 Å². The van der Waals surface area contributed by atoms with E-state index < -0.39 is 6.09 Å². The molecule has 3 atom stereocenters. The topological polar surface area (TPSA) is 70.6 Å². The van der Waals surface area contributed by atoms with Crippen molar-refractivity contribution in [2.45, 2.75) is 24.9 Å². The summed E-state index contributed by atoms with van der Waals surface area (Å²) in [5.41, 5.74) is 4.62. The molecule has 2 aromatic rings. The first-order chi connectivity index (χ1) is 13.7. The van der Waals surface area contributed by atoms with Crippen molar-refractivity contribution in [3.05, 3.63) is 59.7 Å². The summed E-state index contributed by atoms with van der Waals surface area (Å²) in [7, 11) is 0. The number of fused-ring (bicyclic) bond motifs is 4. The van der Waals surface area contributed by atoms with Gasteiger partial charge in [-0.15, -0.1) is 0 Å². The Morgan fingerprint density at radius 2 is 1.79 bits per heavy atom. The fraction of sp³-hybridized carbons (Fsp3) is 0.435. The maximum atomic E-state index is 12.4. The Labute approximate surface area is 165 Å². The monoisotopic (exact) mass is 378 g/mol. The summed E-state index contributed by atoms with van der Waals surface area (Å²) < 4.78 is 5.63. The van der Waals surface area contributed by atoms with Gasteiger partial charge in [0.05, 0.1) is 6.10 Å². The SMILES string of the molecule is O=C(NC[C@]12CNC[C@H]1CCC2O)OCC1c2ccccc2-c2ccccc21. The molecular formula is C23H26N2O3. The number of carbonyl (C=O) groups excluding carboxylic acids is 1. The molecule has 2 fully saturated rings. The Bertz CT molecular complexity index is 853. The van der Waals surface area contributed by atoms with Crippen LogP contribution in [0.25, 0.3) is 11.1 Å². The number of amides is 1. The van der Waals surface area contributed by atoms with Crippen LogP contribution in [0.2, 0.25) is 0 Å². The predicted molar refractivity (Wildman–Crippen MR) is 107 cm³/mol. The number of alkyl carbamates (subject to hydrolysis) is 1. The Morgan fingerprint density at radius 3 is 2.50 bits per heavy atom. The molecule has 0 bridgehead atoms. The van der Waals surface area contributed by atoms with E-state index >= 15 is 0 Å². The van der Waals surface area contributed by atoms with Crippen LogP contribution in [0.1, 0.15) is 29.9 Å². The Morgan fingerprint density at radius 1 is 1.11 bits per heavy atom. The maximum absolute atomic E-state index is 12.4. The van der Waals surface area contributed by atoms with Gasteiger partial charge in [-0.3, -0.25) is 0 Å². The average molecular weight is 378 g/mol. The molecule has 0 aromatic heterocycles. The third kappa shape index (κ3) is 2.73. The number of nitrogens with one attached hydrogen (secondary N) is 2. The summed E-state index contributed by atoms with van der Waals surface area (Å²) in [6.07, 6.45) is 1.07. The van der Waals surface area contributed by atoms with Crippen LogP contribution < -0.4 is 10.6 Å². The van der Waals surface area contributed by atoms with Gasteiger partial charge in [-0.25, -0.2) is 4.79 Å². The van der Waals surface area contributed by atoms with Crippen molar-refractivity contribution < 1.29 is 14.6 Å². The second kappa shape index (κ2) is 6.90. The second-order valence-electron chi connectivity index (χ2n) is 8.33. The lowest BCUT2D eigenvalue weighted by molar-refractivity contribution is 0.0476. The third-order valence-electron chi connectivity index (χ3n) is 7.02.